The maximum absolute atomic E-state index is 13.3. The summed E-state index contributed by atoms with van der Waals surface area (Å²) in [5, 5.41) is 16.5. The van der Waals surface area contributed by atoms with Crippen molar-refractivity contribution < 1.29 is 23.4 Å². The second kappa shape index (κ2) is 9.65. The SMILES string of the molecule is CC(C)(C)NC(=O)O[C@@H](Cc1ccccc1)[C@H](O)CNC1CCC(F)(F)CC1. The molecule has 0 unspecified atom stereocenters. The molecule has 1 aromatic rings. The predicted molar refractivity (Wildman–Crippen MR) is 105 cm³/mol. The second-order valence-electron chi connectivity index (χ2n) is 8.61. The fourth-order valence-corrected chi connectivity index (χ4v) is 3.24. The molecule has 1 aliphatic rings. The van der Waals surface area contributed by atoms with E-state index < -0.39 is 29.8 Å². The first-order chi connectivity index (χ1) is 13.0. The molecule has 0 bridgehead atoms. The molecule has 0 spiro atoms. The number of benzene rings is 1. The summed E-state index contributed by atoms with van der Waals surface area (Å²) in [5.74, 6) is -2.58. The number of nitrogens with one attached hydrogen (secondary N) is 2. The first-order valence-corrected chi connectivity index (χ1v) is 9.86. The van der Waals surface area contributed by atoms with E-state index in [4.69, 9.17) is 4.74 Å². The van der Waals surface area contributed by atoms with Crippen LogP contribution >= 0.6 is 0 Å². The molecule has 0 radical (unpaired) electrons. The van der Waals surface area contributed by atoms with Gasteiger partial charge in [0.1, 0.15) is 12.2 Å². The lowest BCUT2D eigenvalue weighted by Gasteiger charge is -2.31. The Morgan fingerprint density at radius 1 is 1.25 bits per heavy atom. The summed E-state index contributed by atoms with van der Waals surface area (Å²) >= 11 is 0. The summed E-state index contributed by atoms with van der Waals surface area (Å²) in [7, 11) is 0. The third kappa shape index (κ3) is 8.10. The molecule has 0 aliphatic heterocycles. The third-order valence-electron chi connectivity index (χ3n) is 4.78. The van der Waals surface area contributed by atoms with E-state index >= 15 is 0 Å². The van der Waals surface area contributed by atoms with Crippen molar-refractivity contribution in [3.05, 3.63) is 35.9 Å². The van der Waals surface area contributed by atoms with Gasteiger partial charge in [-0.3, -0.25) is 0 Å². The molecule has 1 fully saturated rings. The smallest absolute Gasteiger partial charge is 0.407 e. The van der Waals surface area contributed by atoms with Crippen LogP contribution in [0.3, 0.4) is 0 Å². The maximum Gasteiger partial charge on any atom is 0.407 e. The first kappa shape index (κ1) is 22.6. The molecule has 158 valence electrons. The Hall–Kier alpha value is -1.73. The van der Waals surface area contributed by atoms with E-state index in [9.17, 15) is 18.7 Å². The molecule has 0 aromatic heterocycles. The predicted octanol–water partition coefficient (Wildman–Crippen LogP) is 3.65. The molecule has 7 heteroatoms. The molecular weight excluding hydrogens is 366 g/mol. The van der Waals surface area contributed by atoms with E-state index in [0.29, 0.717) is 19.3 Å². The van der Waals surface area contributed by atoms with Crippen molar-refractivity contribution in [2.45, 2.75) is 82.6 Å². The lowest BCUT2D eigenvalue weighted by atomic mass is 9.92. The standard InChI is InChI=1S/C21H32F2N2O3/c1-20(2,3)25-19(27)28-18(13-15-7-5-4-6-8-15)17(26)14-24-16-9-11-21(22,23)12-10-16/h4-8,16-18,24,26H,9-14H2,1-3H3,(H,25,27)/t17-,18+/m1/s1. The van der Waals surface area contributed by atoms with E-state index in [1.807, 2.05) is 51.1 Å². The first-order valence-electron chi connectivity index (χ1n) is 9.86. The van der Waals surface area contributed by atoms with Gasteiger partial charge in [-0.05, 0) is 39.2 Å². The number of carbonyl (C=O) groups excluding carboxylic acids is 1. The number of aliphatic hydroxyl groups is 1. The van der Waals surface area contributed by atoms with Crippen molar-refractivity contribution in [3.8, 4) is 0 Å². The number of carbonyl (C=O) groups is 1. The normalized spacial score (nSPS) is 19.6. The van der Waals surface area contributed by atoms with Crippen molar-refractivity contribution in [2.24, 2.45) is 0 Å². The van der Waals surface area contributed by atoms with Crippen LogP contribution in [0.5, 0.6) is 0 Å². The summed E-state index contributed by atoms with van der Waals surface area (Å²) in [6.07, 6.45) is -1.47. The fraction of sp³-hybridized carbons (Fsp3) is 0.667. The molecule has 1 aromatic carbocycles. The van der Waals surface area contributed by atoms with Gasteiger partial charge >= 0.3 is 6.09 Å². The van der Waals surface area contributed by atoms with Gasteiger partial charge < -0.3 is 20.5 Å². The monoisotopic (exact) mass is 398 g/mol. The number of hydrogen-bond acceptors (Lipinski definition) is 4. The van der Waals surface area contributed by atoms with Crippen LogP contribution in [-0.4, -0.2) is 47.5 Å². The Morgan fingerprint density at radius 2 is 1.86 bits per heavy atom. The van der Waals surface area contributed by atoms with Gasteiger partial charge in [-0.15, -0.1) is 0 Å². The highest BCUT2D eigenvalue weighted by Gasteiger charge is 2.35. The molecular formula is C21H32F2N2O3. The molecule has 0 heterocycles. The topological polar surface area (TPSA) is 70.6 Å². The van der Waals surface area contributed by atoms with Gasteiger partial charge in [-0.1, -0.05) is 30.3 Å². The quantitative estimate of drug-likeness (QED) is 0.656. The number of aliphatic hydroxyl groups excluding tert-OH is 1. The van der Waals surface area contributed by atoms with Crippen molar-refractivity contribution in [1.29, 1.82) is 0 Å². The highest BCUT2D eigenvalue weighted by molar-refractivity contribution is 5.68. The lowest BCUT2D eigenvalue weighted by Crippen LogP contribution is -2.48. The van der Waals surface area contributed by atoms with Crippen molar-refractivity contribution >= 4 is 6.09 Å². The van der Waals surface area contributed by atoms with E-state index in [2.05, 4.69) is 10.6 Å². The summed E-state index contributed by atoms with van der Waals surface area (Å²) in [5.41, 5.74) is 0.484. The van der Waals surface area contributed by atoms with Crippen LogP contribution in [0.15, 0.2) is 30.3 Å². The highest BCUT2D eigenvalue weighted by Crippen LogP contribution is 2.33. The Balaban J connectivity index is 1.94. The molecule has 3 N–H and O–H groups in total. The lowest BCUT2D eigenvalue weighted by molar-refractivity contribution is -0.0431. The van der Waals surface area contributed by atoms with Gasteiger partial charge in [0.2, 0.25) is 5.92 Å². The van der Waals surface area contributed by atoms with Crippen LogP contribution < -0.4 is 10.6 Å². The van der Waals surface area contributed by atoms with Gasteiger partial charge in [0.25, 0.3) is 0 Å². The number of hydrogen-bond donors (Lipinski definition) is 3. The van der Waals surface area contributed by atoms with Gasteiger partial charge in [0, 0.05) is 37.4 Å². The molecule has 0 saturated heterocycles. The largest absolute Gasteiger partial charge is 0.443 e. The van der Waals surface area contributed by atoms with Gasteiger partial charge in [-0.2, -0.15) is 0 Å². The molecule has 5 nitrogen and oxygen atoms in total. The van der Waals surface area contributed by atoms with Crippen molar-refractivity contribution in [1.82, 2.24) is 10.6 Å². The Labute approximate surface area is 165 Å². The zero-order valence-corrected chi connectivity index (χ0v) is 16.9. The van der Waals surface area contributed by atoms with E-state index in [1.165, 1.54) is 0 Å². The van der Waals surface area contributed by atoms with Gasteiger partial charge in [0.15, 0.2) is 0 Å². The molecule has 1 saturated carbocycles. The zero-order valence-electron chi connectivity index (χ0n) is 16.9. The van der Waals surface area contributed by atoms with Crippen LogP contribution in [0.2, 0.25) is 0 Å². The minimum absolute atomic E-state index is 0.0601. The van der Waals surface area contributed by atoms with Crippen LogP contribution in [0.1, 0.15) is 52.0 Å². The Kier molecular flexibility index (Phi) is 7.78. The number of alkyl halides is 2. The Bertz CT molecular complexity index is 610. The second-order valence-corrected chi connectivity index (χ2v) is 8.61. The summed E-state index contributed by atoms with van der Waals surface area (Å²) < 4.78 is 32.1. The summed E-state index contributed by atoms with van der Waals surface area (Å²) in [6, 6.07) is 9.41. The minimum atomic E-state index is -2.58. The van der Waals surface area contributed by atoms with E-state index in [-0.39, 0.29) is 25.4 Å². The number of alkyl carbamates (subject to hydrolysis) is 1. The average molecular weight is 398 g/mol. The number of ether oxygens (including phenoxy) is 1. The molecule has 28 heavy (non-hydrogen) atoms. The molecule has 2 atom stereocenters. The van der Waals surface area contributed by atoms with Gasteiger partial charge in [-0.25, -0.2) is 13.6 Å². The molecule has 1 aliphatic carbocycles. The molecule has 1 amide bonds. The van der Waals surface area contributed by atoms with Crippen LogP contribution in [0, 0.1) is 0 Å². The van der Waals surface area contributed by atoms with E-state index in [1.54, 1.807) is 0 Å². The number of rotatable bonds is 7. The van der Waals surface area contributed by atoms with Crippen LogP contribution in [-0.2, 0) is 11.2 Å². The molecule has 2 rings (SSSR count). The van der Waals surface area contributed by atoms with Crippen molar-refractivity contribution in [2.75, 3.05) is 6.54 Å². The Morgan fingerprint density at radius 3 is 2.43 bits per heavy atom. The maximum atomic E-state index is 13.3. The minimum Gasteiger partial charge on any atom is -0.443 e. The summed E-state index contributed by atoms with van der Waals surface area (Å²) in [4.78, 5) is 12.2. The summed E-state index contributed by atoms with van der Waals surface area (Å²) in [6.45, 7) is 5.71. The van der Waals surface area contributed by atoms with Crippen molar-refractivity contribution in [3.63, 3.8) is 0 Å². The number of halogens is 2. The third-order valence-corrected chi connectivity index (χ3v) is 4.78. The highest BCUT2D eigenvalue weighted by atomic mass is 19.3. The van der Waals surface area contributed by atoms with E-state index in [0.717, 1.165) is 5.56 Å². The fourth-order valence-electron chi connectivity index (χ4n) is 3.24. The number of amides is 1. The zero-order chi connectivity index (χ0) is 20.8. The average Bonchev–Trinajstić information content (AvgIpc) is 2.59. The van der Waals surface area contributed by atoms with Crippen LogP contribution in [0.4, 0.5) is 13.6 Å². The van der Waals surface area contributed by atoms with Crippen LogP contribution in [0.25, 0.3) is 0 Å². The van der Waals surface area contributed by atoms with Gasteiger partial charge in [0.05, 0.1) is 0 Å².